The number of hydrogen-bond donors (Lipinski definition) is 0. The standard InChI is InChI=1S/C26H22O4/c1-15(27)23-11-9-21(13-25(23)17(3)29)19-5-7-20(8-6-19)22-10-12-24(16(2)28)26(14-22)18(4)30/h5-14H,1-4H3. The van der Waals surface area contributed by atoms with E-state index >= 15 is 0 Å². The van der Waals surface area contributed by atoms with E-state index in [1.54, 1.807) is 24.3 Å². The predicted molar refractivity (Wildman–Crippen MR) is 117 cm³/mol. The van der Waals surface area contributed by atoms with Gasteiger partial charge in [0, 0.05) is 22.3 Å². The molecule has 0 heterocycles. The summed E-state index contributed by atoms with van der Waals surface area (Å²) < 4.78 is 0. The summed E-state index contributed by atoms with van der Waals surface area (Å²) in [5.41, 5.74) is 5.16. The minimum atomic E-state index is -0.152. The molecule has 4 heteroatoms. The van der Waals surface area contributed by atoms with Crippen molar-refractivity contribution >= 4 is 23.1 Å². The van der Waals surface area contributed by atoms with Crippen LogP contribution in [0.15, 0.2) is 60.7 Å². The van der Waals surface area contributed by atoms with Crippen LogP contribution in [0.1, 0.15) is 69.1 Å². The summed E-state index contributed by atoms with van der Waals surface area (Å²) in [6.45, 7) is 5.80. The van der Waals surface area contributed by atoms with E-state index in [0.29, 0.717) is 22.3 Å². The van der Waals surface area contributed by atoms with E-state index in [0.717, 1.165) is 22.3 Å². The maximum absolute atomic E-state index is 12.0. The molecule has 4 nitrogen and oxygen atoms in total. The number of ketones is 4. The first kappa shape index (κ1) is 21.1. The fraction of sp³-hybridized carbons (Fsp3) is 0.154. The highest BCUT2D eigenvalue weighted by Gasteiger charge is 2.14. The highest BCUT2D eigenvalue weighted by Crippen LogP contribution is 2.28. The number of carbonyl (C=O) groups is 4. The second-order valence-electron chi connectivity index (χ2n) is 7.32. The van der Waals surface area contributed by atoms with Crippen molar-refractivity contribution in [3.05, 3.63) is 82.9 Å². The maximum Gasteiger partial charge on any atom is 0.160 e. The van der Waals surface area contributed by atoms with Crippen LogP contribution in [0, 0.1) is 0 Å². The average Bonchev–Trinajstić information content (AvgIpc) is 2.72. The van der Waals surface area contributed by atoms with E-state index < -0.39 is 0 Å². The van der Waals surface area contributed by atoms with Gasteiger partial charge < -0.3 is 0 Å². The molecule has 30 heavy (non-hydrogen) atoms. The molecular formula is C26H22O4. The molecule has 0 aliphatic rings. The summed E-state index contributed by atoms with van der Waals surface area (Å²) in [6, 6.07) is 18.2. The van der Waals surface area contributed by atoms with E-state index in [2.05, 4.69) is 0 Å². The molecule has 0 aromatic heterocycles. The van der Waals surface area contributed by atoms with E-state index in [1.807, 2.05) is 36.4 Å². The molecule has 0 unspecified atom stereocenters. The number of benzene rings is 3. The molecule has 0 saturated carbocycles. The fourth-order valence-corrected chi connectivity index (χ4v) is 3.50. The highest BCUT2D eigenvalue weighted by molar-refractivity contribution is 6.09. The first-order chi connectivity index (χ1) is 14.2. The molecule has 0 atom stereocenters. The lowest BCUT2D eigenvalue weighted by Gasteiger charge is -2.10. The second kappa shape index (κ2) is 8.37. The van der Waals surface area contributed by atoms with Crippen LogP contribution in [-0.4, -0.2) is 23.1 Å². The van der Waals surface area contributed by atoms with Gasteiger partial charge in [-0.15, -0.1) is 0 Å². The molecule has 3 rings (SSSR count). The molecule has 0 aliphatic carbocycles. The van der Waals surface area contributed by atoms with Crippen molar-refractivity contribution in [2.75, 3.05) is 0 Å². The minimum absolute atomic E-state index is 0.141. The van der Waals surface area contributed by atoms with Gasteiger partial charge in [0.25, 0.3) is 0 Å². The Hall–Kier alpha value is -3.66. The van der Waals surface area contributed by atoms with Gasteiger partial charge in [-0.1, -0.05) is 48.5 Å². The van der Waals surface area contributed by atoms with Gasteiger partial charge >= 0.3 is 0 Å². The zero-order valence-electron chi connectivity index (χ0n) is 17.4. The molecule has 0 radical (unpaired) electrons. The van der Waals surface area contributed by atoms with Crippen LogP contribution in [0.4, 0.5) is 0 Å². The van der Waals surface area contributed by atoms with Crippen molar-refractivity contribution < 1.29 is 19.2 Å². The number of hydrogen-bond acceptors (Lipinski definition) is 4. The lowest BCUT2D eigenvalue weighted by molar-refractivity contribution is 0.0981. The molecule has 0 spiro atoms. The van der Waals surface area contributed by atoms with Crippen molar-refractivity contribution in [1.82, 2.24) is 0 Å². The Bertz CT molecular complexity index is 1090. The molecule has 0 fully saturated rings. The third-order valence-corrected chi connectivity index (χ3v) is 5.11. The van der Waals surface area contributed by atoms with Crippen LogP contribution in [0.2, 0.25) is 0 Å². The van der Waals surface area contributed by atoms with Crippen LogP contribution in [0.5, 0.6) is 0 Å². The number of rotatable bonds is 6. The van der Waals surface area contributed by atoms with Crippen molar-refractivity contribution in [3.63, 3.8) is 0 Å². The molecular weight excluding hydrogens is 376 g/mol. The fourth-order valence-electron chi connectivity index (χ4n) is 3.50. The third kappa shape index (κ3) is 4.18. The molecule has 0 saturated heterocycles. The van der Waals surface area contributed by atoms with Crippen molar-refractivity contribution in [3.8, 4) is 22.3 Å². The van der Waals surface area contributed by atoms with Crippen molar-refractivity contribution in [2.24, 2.45) is 0 Å². The highest BCUT2D eigenvalue weighted by atomic mass is 16.1. The first-order valence-corrected chi connectivity index (χ1v) is 9.61. The number of Topliss-reactive ketones (excluding diaryl/α,β-unsaturated/α-hetero) is 4. The normalized spacial score (nSPS) is 10.5. The van der Waals surface area contributed by atoms with Crippen molar-refractivity contribution in [2.45, 2.75) is 27.7 Å². The smallest absolute Gasteiger partial charge is 0.160 e. The van der Waals surface area contributed by atoms with Gasteiger partial charge in [0.1, 0.15) is 0 Å². The van der Waals surface area contributed by atoms with Gasteiger partial charge in [0.05, 0.1) is 0 Å². The van der Waals surface area contributed by atoms with Gasteiger partial charge in [0.15, 0.2) is 23.1 Å². The lowest BCUT2D eigenvalue weighted by atomic mass is 9.93. The summed E-state index contributed by atoms with van der Waals surface area (Å²) in [6.07, 6.45) is 0. The van der Waals surface area contributed by atoms with Gasteiger partial charge in [-0.05, 0) is 62.1 Å². The summed E-state index contributed by atoms with van der Waals surface area (Å²) in [4.78, 5) is 47.4. The van der Waals surface area contributed by atoms with Gasteiger partial charge in [-0.3, -0.25) is 19.2 Å². The maximum atomic E-state index is 12.0. The summed E-state index contributed by atoms with van der Waals surface area (Å²) >= 11 is 0. The Morgan fingerprint density at radius 1 is 0.400 bits per heavy atom. The molecule has 3 aromatic rings. The van der Waals surface area contributed by atoms with Crippen LogP contribution < -0.4 is 0 Å². The largest absolute Gasteiger partial charge is 0.294 e. The lowest BCUT2D eigenvalue weighted by Crippen LogP contribution is -2.04. The molecule has 0 N–H and O–H groups in total. The topological polar surface area (TPSA) is 68.3 Å². The molecule has 0 amide bonds. The summed E-state index contributed by atoms with van der Waals surface area (Å²) in [7, 11) is 0. The molecule has 0 aliphatic heterocycles. The van der Waals surface area contributed by atoms with Gasteiger partial charge in [-0.2, -0.15) is 0 Å². The van der Waals surface area contributed by atoms with E-state index in [4.69, 9.17) is 0 Å². The summed E-state index contributed by atoms with van der Waals surface area (Å²) in [5.74, 6) is -0.586. The third-order valence-electron chi connectivity index (χ3n) is 5.11. The van der Waals surface area contributed by atoms with Crippen LogP contribution in [-0.2, 0) is 0 Å². The molecule has 0 bridgehead atoms. The van der Waals surface area contributed by atoms with Gasteiger partial charge in [-0.25, -0.2) is 0 Å². The van der Waals surface area contributed by atoms with Gasteiger partial charge in [0.2, 0.25) is 0 Å². The summed E-state index contributed by atoms with van der Waals surface area (Å²) in [5, 5.41) is 0. The zero-order valence-corrected chi connectivity index (χ0v) is 17.4. The Kier molecular flexibility index (Phi) is 5.88. The quantitative estimate of drug-likeness (QED) is 0.490. The van der Waals surface area contributed by atoms with E-state index in [9.17, 15) is 19.2 Å². The molecule has 3 aromatic carbocycles. The molecule has 150 valence electrons. The van der Waals surface area contributed by atoms with E-state index in [-0.39, 0.29) is 23.1 Å². The Balaban J connectivity index is 2.00. The Morgan fingerprint density at radius 3 is 0.933 bits per heavy atom. The predicted octanol–water partition coefficient (Wildman–Crippen LogP) is 5.83. The first-order valence-electron chi connectivity index (χ1n) is 9.61. The minimum Gasteiger partial charge on any atom is -0.294 e. The van der Waals surface area contributed by atoms with Crippen molar-refractivity contribution in [1.29, 1.82) is 0 Å². The van der Waals surface area contributed by atoms with Crippen LogP contribution >= 0.6 is 0 Å². The Labute approximate surface area is 175 Å². The Morgan fingerprint density at radius 2 is 0.667 bits per heavy atom. The average molecular weight is 398 g/mol. The van der Waals surface area contributed by atoms with Crippen LogP contribution in [0.3, 0.4) is 0 Å². The SMILES string of the molecule is CC(=O)c1ccc(-c2ccc(-c3ccc(C(C)=O)c(C(C)=O)c3)cc2)cc1C(C)=O. The zero-order chi connectivity index (χ0) is 22.0. The second-order valence-corrected chi connectivity index (χ2v) is 7.32. The van der Waals surface area contributed by atoms with E-state index in [1.165, 1.54) is 27.7 Å². The number of carbonyl (C=O) groups excluding carboxylic acids is 4. The monoisotopic (exact) mass is 398 g/mol. The van der Waals surface area contributed by atoms with Crippen LogP contribution in [0.25, 0.3) is 22.3 Å².